The third-order valence-electron chi connectivity index (χ3n) is 4.93. The fourth-order valence-corrected chi connectivity index (χ4v) is 4.81. The molecule has 1 aliphatic rings. The average Bonchev–Trinajstić information content (AvgIpc) is 3.17. The summed E-state index contributed by atoms with van der Waals surface area (Å²) in [6.07, 6.45) is 2.17. The number of nitrogens with zero attached hydrogens (tertiary/aromatic N) is 1. The Bertz CT molecular complexity index is 1450. The van der Waals surface area contributed by atoms with E-state index in [-0.39, 0.29) is 16.3 Å². The lowest BCUT2D eigenvalue weighted by Gasteiger charge is -2.09. The van der Waals surface area contributed by atoms with Crippen molar-refractivity contribution in [3.63, 3.8) is 0 Å². The van der Waals surface area contributed by atoms with Gasteiger partial charge >= 0.3 is 10.1 Å². The van der Waals surface area contributed by atoms with Crippen molar-refractivity contribution < 1.29 is 31.9 Å². The molecule has 0 bridgehead atoms. The summed E-state index contributed by atoms with van der Waals surface area (Å²) in [7, 11) is -4.23. The summed E-state index contributed by atoms with van der Waals surface area (Å²) in [5.74, 6) is 0.287. The van der Waals surface area contributed by atoms with E-state index in [1.54, 1.807) is 42.5 Å². The molecule has 1 saturated heterocycles. The number of nitrogens with one attached hydrogen (secondary N) is 1. The van der Waals surface area contributed by atoms with Crippen molar-refractivity contribution in [3.8, 4) is 11.5 Å². The van der Waals surface area contributed by atoms with Crippen molar-refractivity contribution in [1.82, 2.24) is 5.32 Å². The Morgan fingerprint density at radius 1 is 0.972 bits per heavy atom. The van der Waals surface area contributed by atoms with Crippen LogP contribution in [0.5, 0.6) is 11.5 Å². The second-order valence-electron chi connectivity index (χ2n) is 7.46. The second kappa shape index (κ2) is 10.6. The Morgan fingerprint density at radius 3 is 2.31 bits per heavy atom. The van der Waals surface area contributed by atoms with Crippen molar-refractivity contribution in [2.75, 3.05) is 6.61 Å². The number of amides is 2. The molecule has 4 rings (SSSR count). The van der Waals surface area contributed by atoms with Gasteiger partial charge < -0.3 is 8.92 Å². The molecular weight excluding hydrogens is 508 g/mol. The Morgan fingerprint density at radius 2 is 1.67 bits per heavy atom. The zero-order valence-electron chi connectivity index (χ0n) is 18.4. The van der Waals surface area contributed by atoms with E-state index in [9.17, 15) is 28.1 Å². The van der Waals surface area contributed by atoms with Gasteiger partial charge in [0, 0.05) is 18.6 Å². The van der Waals surface area contributed by atoms with E-state index in [0.717, 1.165) is 29.0 Å². The molecule has 1 fully saturated rings. The third kappa shape index (κ3) is 6.29. The van der Waals surface area contributed by atoms with Crippen LogP contribution in [-0.4, -0.2) is 31.1 Å². The van der Waals surface area contributed by atoms with Gasteiger partial charge in [0.15, 0.2) is 0 Å². The van der Waals surface area contributed by atoms with Crippen LogP contribution in [-0.2, 0) is 21.3 Å². The van der Waals surface area contributed by atoms with Crippen molar-refractivity contribution in [2.24, 2.45) is 0 Å². The lowest BCUT2D eigenvalue weighted by atomic mass is 10.1. The summed E-state index contributed by atoms with van der Waals surface area (Å²) in [6.45, 7) is 0.360. The predicted molar refractivity (Wildman–Crippen MR) is 132 cm³/mol. The first-order chi connectivity index (χ1) is 17.2. The van der Waals surface area contributed by atoms with Gasteiger partial charge in [-0.2, -0.15) is 8.42 Å². The maximum Gasteiger partial charge on any atom is 0.339 e. The highest BCUT2D eigenvalue weighted by Crippen LogP contribution is 2.26. The number of hydrogen-bond acceptors (Lipinski definition) is 9. The zero-order valence-corrected chi connectivity index (χ0v) is 20.1. The summed E-state index contributed by atoms with van der Waals surface area (Å²) in [5.41, 5.74) is 1.29. The number of carbonyl (C=O) groups is 2. The summed E-state index contributed by atoms with van der Waals surface area (Å²) < 4.78 is 35.7. The molecule has 0 radical (unpaired) electrons. The monoisotopic (exact) mass is 526 g/mol. The molecule has 1 aliphatic heterocycles. The molecule has 1 N–H and O–H groups in total. The summed E-state index contributed by atoms with van der Waals surface area (Å²) in [6, 6.07) is 18.1. The van der Waals surface area contributed by atoms with Gasteiger partial charge in [-0.1, -0.05) is 30.3 Å². The number of rotatable bonds is 9. The Balaban J connectivity index is 1.30. The zero-order chi connectivity index (χ0) is 25.7. The average molecular weight is 527 g/mol. The SMILES string of the molecule is O=C1NC(=O)/C(=C/c2ccc(OCCc3ccc(OS(=O)(=O)c4cccc([N+](=O)[O-])c4)cc3)cc2)S1. The molecule has 0 aromatic heterocycles. The van der Waals surface area contributed by atoms with Gasteiger partial charge in [-0.15, -0.1) is 0 Å². The molecule has 36 heavy (non-hydrogen) atoms. The third-order valence-corrected chi connectivity index (χ3v) is 6.98. The standard InChI is InChI=1S/C24H18N2O8S2/c27-23-22(35-24(28)25-23)14-17-6-8-19(9-7-17)33-13-12-16-4-10-20(11-5-16)34-36(31,32)21-3-1-2-18(15-21)26(29)30/h1-11,14-15H,12-13H2,(H,25,27,28)/b22-14-. The van der Waals surface area contributed by atoms with E-state index in [2.05, 4.69) is 5.32 Å². The molecule has 2 amide bonds. The maximum atomic E-state index is 12.4. The van der Waals surface area contributed by atoms with Gasteiger partial charge in [0.1, 0.15) is 16.4 Å². The van der Waals surface area contributed by atoms with Crippen molar-refractivity contribution >= 4 is 44.8 Å². The second-order valence-corrected chi connectivity index (χ2v) is 10.0. The lowest BCUT2D eigenvalue weighted by molar-refractivity contribution is -0.385. The molecule has 0 unspecified atom stereocenters. The number of carbonyl (C=O) groups excluding carboxylic acids is 2. The minimum Gasteiger partial charge on any atom is -0.493 e. The maximum absolute atomic E-state index is 12.4. The van der Waals surface area contributed by atoms with Crippen LogP contribution < -0.4 is 14.2 Å². The van der Waals surface area contributed by atoms with Crippen LogP contribution in [0.15, 0.2) is 82.6 Å². The normalized spacial score (nSPS) is 14.5. The summed E-state index contributed by atoms with van der Waals surface area (Å²) in [4.78, 5) is 33.1. The molecule has 12 heteroatoms. The first kappa shape index (κ1) is 24.9. The number of non-ortho nitro benzene ring substituents is 1. The van der Waals surface area contributed by atoms with E-state index in [1.165, 1.54) is 30.3 Å². The first-order valence-corrected chi connectivity index (χ1v) is 12.7. The molecule has 0 aliphatic carbocycles. The predicted octanol–water partition coefficient (Wildman–Crippen LogP) is 4.31. The van der Waals surface area contributed by atoms with E-state index in [0.29, 0.717) is 23.7 Å². The molecule has 0 atom stereocenters. The fraction of sp³-hybridized carbons (Fsp3) is 0.0833. The number of ether oxygens (including phenoxy) is 1. The van der Waals surface area contributed by atoms with Crippen molar-refractivity contribution in [3.05, 3.63) is 98.9 Å². The van der Waals surface area contributed by atoms with E-state index >= 15 is 0 Å². The minimum atomic E-state index is -4.23. The van der Waals surface area contributed by atoms with Crippen LogP contribution in [0.1, 0.15) is 11.1 Å². The molecule has 184 valence electrons. The van der Waals surface area contributed by atoms with Crippen molar-refractivity contribution in [1.29, 1.82) is 0 Å². The quantitative estimate of drug-likeness (QED) is 0.187. The lowest BCUT2D eigenvalue weighted by Crippen LogP contribution is -2.17. The summed E-state index contributed by atoms with van der Waals surface area (Å²) in [5, 5.41) is 12.7. The molecule has 3 aromatic rings. The largest absolute Gasteiger partial charge is 0.493 e. The highest BCUT2D eigenvalue weighted by atomic mass is 32.2. The van der Waals surface area contributed by atoms with Gasteiger partial charge in [-0.05, 0) is 59.3 Å². The van der Waals surface area contributed by atoms with Crippen LogP contribution in [0.4, 0.5) is 10.5 Å². The number of nitro groups is 1. The van der Waals surface area contributed by atoms with Crippen LogP contribution in [0.2, 0.25) is 0 Å². The number of hydrogen-bond donors (Lipinski definition) is 1. The van der Waals surface area contributed by atoms with Gasteiger partial charge in [0.2, 0.25) is 0 Å². The van der Waals surface area contributed by atoms with Crippen LogP contribution >= 0.6 is 11.8 Å². The number of thioether (sulfide) groups is 1. The van der Waals surface area contributed by atoms with Gasteiger partial charge in [0.25, 0.3) is 16.8 Å². The molecule has 0 spiro atoms. The Kier molecular flexibility index (Phi) is 7.36. The van der Waals surface area contributed by atoms with Crippen LogP contribution in [0.25, 0.3) is 6.08 Å². The van der Waals surface area contributed by atoms with E-state index < -0.39 is 26.2 Å². The highest BCUT2D eigenvalue weighted by Gasteiger charge is 2.25. The molecule has 1 heterocycles. The van der Waals surface area contributed by atoms with Crippen LogP contribution in [0, 0.1) is 10.1 Å². The molecule has 10 nitrogen and oxygen atoms in total. The molecule has 0 saturated carbocycles. The van der Waals surface area contributed by atoms with E-state index in [1.807, 2.05) is 0 Å². The van der Waals surface area contributed by atoms with E-state index in [4.69, 9.17) is 8.92 Å². The topological polar surface area (TPSA) is 142 Å². The van der Waals surface area contributed by atoms with Crippen molar-refractivity contribution in [2.45, 2.75) is 11.3 Å². The fourth-order valence-electron chi connectivity index (χ4n) is 3.16. The molecule has 3 aromatic carbocycles. The van der Waals surface area contributed by atoms with Crippen LogP contribution in [0.3, 0.4) is 0 Å². The Hall–Kier alpha value is -4.16. The number of imide groups is 1. The van der Waals surface area contributed by atoms with Gasteiger partial charge in [-0.25, -0.2) is 0 Å². The minimum absolute atomic E-state index is 0.0756. The smallest absolute Gasteiger partial charge is 0.339 e. The summed E-state index contributed by atoms with van der Waals surface area (Å²) >= 11 is 0.852. The van der Waals surface area contributed by atoms with Gasteiger partial charge in [0.05, 0.1) is 16.4 Å². The number of benzene rings is 3. The molecular formula is C24H18N2O8S2. The first-order valence-electron chi connectivity index (χ1n) is 10.5. The Labute approximate surface area is 210 Å². The van der Waals surface area contributed by atoms with Gasteiger partial charge in [-0.3, -0.25) is 25.0 Å². The number of nitro benzene ring substituents is 1. The highest BCUT2D eigenvalue weighted by molar-refractivity contribution is 8.18.